The Morgan fingerprint density at radius 2 is 1.76 bits per heavy atom. The van der Waals surface area contributed by atoms with Gasteiger partial charge >= 0.3 is 11.9 Å². The minimum atomic E-state index is -0.514. The molecule has 0 radical (unpaired) electrons. The second kappa shape index (κ2) is 8.20. The van der Waals surface area contributed by atoms with Gasteiger partial charge in [0.1, 0.15) is 0 Å². The summed E-state index contributed by atoms with van der Waals surface area (Å²) >= 11 is 0. The molecule has 166 valence electrons. The fraction of sp³-hybridized carbons (Fsp3) is 0.917. The lowest BCUT2D eigenvalue weighted by Gasteiger charge is -2.62. The Hall–Kier alpha value is -1.10. The summed E-state index contributed by atoms with van der Waals surface area (Å²) in [5.74, 6) is 1.41. The van der Waals surface area contributed by atoms with E-state index in [-0.39, 0.29) is 23.6 Å². The van der Waals surface area contributed by atoms with E-state index in [1.54, 1.807) is 0 Å². The number of ether oxygens (including phenoxy) is 3. The Bertz CT molecular complexity index is 631. The molecule has 6 atom stereocenters. The van der Waals surface area contributed by atoms with Gasteiger partial charge in [-0.25, -0.2) is 4.79 Å². The van der Waals surface area contributed by atoms with Gasteiger partial charge in [0.2, 0.25) is 0 Å². The number of carbonyl (C=O) groups is 2. The highest BCUT2D eigenvalue weighted by Crippen LogP contribution is 2.65. The number of esters is 2. The Morgan fingerprint density at radius 1 is 1.03 bits per heavy atom. The summed E-state index contributed by atoms with van der Waals surface area (Å²) < 4.78 is 16.1. The molecule has 5 nitrogen and oxygen atoms in total. The first-order valence-corrected chi connectivity index (χ1v) is 11.4. The molecule has 0 aromatic rings. The van der Waals surface area contributed by atoms with Crippen LogP contribution in [0.2, 0.25) is 0 Å². The quantitative estimate of drug-likeness (QED) is 0.614. The fourth-order valence-corrected chi connectivity index (χ4v) is 7.42. The van der Waals surface area contributed by atoms with Gasteiger partial charge < -0.3 is 14.2 Å². The molecule has 0 spiro atoms. The summed E-state index contributed by atoms with van der Waals surface area (Å²) in [7, 11) is 3.19. The molecular formula is C24H40O5. The lowest BCUT2D eigenvalue weighted by atomic mass is 9.43. The highest BCUT2D eigenvalue weighted by Gasteiger charge is 2.61. The Labute approximate surface area is 176 Å². The maximum atomic E-state index is 13.1. The van der Waals surface area contributed by atoms with Gasteiger partial charge in [-0.1, -0.05) is 27.2 Å². The van der Waals surface area contributed by atoms with Gasteiger partial charge in [-0.3, -0.25) is 4.79 Å². The van der Waals surface area contributed by atoms with Crippen molar-refractivity contribution in [2.45, 2.75) is 84.7 Å². The van der Waals surface area contributed by atoms with E-state index >= 15 is 0 Å². The fourth-order valence-electron chi connectivity index (χ4n) is 7.42. The number of carbonyl (C=O) groups excluding carboxylic acids is 2. The molecule has 0 aromatic carbocycles. The Morgan fingerprint density at radius 3 is 2.38 bits per heavy atom. The second-order valence-electron chi connectivity index (χ2n) is 10.6. The van der Waals surface area contributed by atoms with Crippen LogP contribution >= 0.6 is 0 Å². The summed E-state index contributed by atoms with van der Waals surface area (Å²) in [6.07, 6.45) is 8.70. The molecule has 29 heavy (non-hydrogen) atoms. The lowest BCUT2D eigenvalue weighted by molar-refractivity contribution is -0.190. The van der Waals surface area contributed by atoms with Crippen LogP contribution in [0.4, 0.5) is 0 Å². The number of rotatable bonds is 5. The molecule has 0 saturated heterocycles. The van der Waals surface area contributed by atoms with Crippen LogP contribution in [0.1, 0.15) is 79.1 Å². The molecule has 3 fully saturated rings. The number of methoxy groups -OCH3 is 2. The molecule has 0 heterocycles. The summed E-state index contributed by atoms with van der Waals surface area (Å²) in [5.41, 5.74) is -0.362. The van der Waals surface area contributed by atoms with Crippen molar-refractivity contribution in [2.24, 2.45) is 34.5 Å². The van der Waals surface area contributed by atoms with Gasteiger partial charge in [-0.2, -0.15) is 0 Å². The van der Waals surface area contributed by atoms with Gasteiger partial charge in [0.15, 0.2) is 6.61 Å². The predicted molar refractivity (Wildman–Crippen MR) is 111 cm³/mol. The zero-order chi connectivity index (χ0) is 21.4. The number of hydrogen-bond donors (Lipinski definition) is 0. The molecule has 0 aromatic heterocycles. The molecule has 3 aliphatic carbocycles. The van der Waals surface area contributed by atoms with E-state index in [0.717, 1.165) is 38.5 Å². The molecule has 3 saturated carbocycles. The third-order valence-electron chi connectivity index (χ3n) is 9.18. The smallest absolute Gasteiger partial charge is 0.344 e. The highest BCUT2D eigenvalue weighted by molar-refractivity contribution is 5.80. The summed E-state index contributed by atoms with van der Waals surface area (Å²) in [4.78, 5) is 24.6. The van der Waals surface area contributed by atoms with Crippen LogP contribution in [0, 0.1) is 34.5 Å². The standard InChI is InChI=1S/C24H40O5/c1-16(2)24(28-6)13-10-18-17(14-24)8-9-19-22(18,3)11-7-12-23(19,4)21(26)29-15-20(25)27-5/h16-19H,7-15H2,1-6H3. The molecular weight excluding hydrogens is 368 g/mol. The van der Waals surface area contributed by atoms with Gasteiger partial charge in [0.25, 0.3) is 0 Å². The minimum Gasteiger partial charge on any atom is -0.466 e. The molecule has 3 aliphatic rings. The van der Waals surface area contributed by atoms with Crippen molar-refractivity contribution in [3.8, 4) is 0 Å². The third-order valence-corrected chi connectivity index (χ3v) is 9.18. The van der Waals surface area contributed by atoms with Crippen molar-refractivity contribution in [3.63, 3.8) is 0 Å². The van der Waals surface area contributed by atoms with Crippen LogP contribution in [-0.4, -0.2) is 38.4 Å². The van der Waals surface area contributed by atoms with Crippen molar-refractivity contribution in [2.75, 3.05) is 20.8 Å². The molecule has 3 rings (SSSR count). The summed E-state index contributed by atoms with van der Waals surface area (Å²) in [5, 5.41) is 0. The Balaban J connectivity index is 1.80. The molecule has 5 heteroatoms. The second-order valence-corrected chi connectivity index (χ2v) is 10.6. The Kier molecular flexibility index (Phi) is 6.39. The van der Waals surface area contributed by atoms with E-state index in [0.29, 0.717) is 23.7 Å². The van der Waals surface area contributed by atoms with E-state index in [1.807, 2.05) is 7.11 Å². The average molecular weight is 409 g/mol. The molecule has 0 bridgehead atoms. The van der Waals surface area contributed by atoms with Crippen molar-refractivity contribution in [1.82, 2.24) is 0 Å². The maximum absolute atomic E-state index is 13.1. The normalized spacial score (nSPS) is 42.0. The largest absolute Gasteiger partial charge is 0.466 e. The minimum absolute atomic E-state index is 0.00176. The van der Waals surface area contributed by atoms with Gasteiger partial charge in [0, 0.05) is 7.11 Å². The summed E-state index contributed by atoms with van der Waals surface area (Å²) in [6, 6.07) is 0. The monoisotopic (exact) mass is 408 g/mol. The maximum Gasteiger partial charge on any atom is 0.344 e. The van der Waals surface area contributed by atoms with Crippen molar-refractivity contribution in [1.29, 1.82) is 0 Å². The molecule has 0 aliphatic heterocycles. The predicted octanol–water partition coefficient (Wildman–Crippen LogP) is 4.77. The van der Waals surface area contributed by atoms with Crippen LogP contribution in [-0.2, 0) is 23.8 Å². The molecule has 0 amide bonds. The van der Waals surface area contributed by atoms with Crippen LogP contribution in [0.3, 0.4) is 0 Å². The van der Waals surface area contributed by atoms with Crippen molar-refractivity contribution < 1.29 is 23.8 Å². The van der Waals surface area contributed by atoms with Crippen LogP contribution in [0.25, 0.3) is 0 Å². The van der Waals surface area contributed by atoms with Gasteiger partial charge in [-0.15, -0.1) is 0 Å². The number of fused-ring (bicyclic) bond motifs is 3. The van der Waals surface area contributed by atoms with E-state index in [9.17, 15) is 9.59 Å². The highest BCUT2D eigenvalue weighted by atomic mass is 16.6. The lowest BCUT2D eigenvalue weighted by Crippen LogP contribution is -2.58. The first kappa shape index (κ1) is 22.6. The van der Waals surface area contributed by atoms with E-state index in [1.165, 1.54) is 20.0 Å². The average Bonchev–Trinajstić information content (AvgIpc) is 2.70. The molecule has 0 N–H and O–H groups in total. The van der Waals surface area contributed by atoms with Crippen molar-refractivity contribution >= 4 is 11.9 Å². The SMILES string of the molecule is COC(=O)COC(=O)C1(C)CCCC2(C)C3CCC(OC)(C(C)C)CC3CCC12. The first-order chi connectivity index (χ1) is 13.6. The first-order valence-electron chi connectivity index (χ1n) is 11.4. The zero-order valence-electron chi connectivity index (χ0n) is 19.2. The topological polar surface area (TPSA) is 61.8 Å². The van der Waals surface area contributed by atoms with Crippen LogP contribution < -0.4 is 0 Å². The van der Waals surface area contributed by atoms with Crippen LogP contribution in [0.15, 0.2) is 0 Å². The summed E-state index contributed by atoms with van der Waals surface area (Å²) in [6.45, 7) is 8.78. The van der Waals surface area contributed by atoms with Crippen LogP contribution in [0.5, 0.6) is 0 Å². The van der Waals surface area contributed by atoms with E-state index in [2.05, 4.69) is 32.4 Å². The van der Waals surface area contributed by atoms with E-state index < -0.39 is 11.4 Å². The van der Waals surface area contributed by atoms with Gasteiger partial charge in [-0.05, 0) is 81.0 Å². The van der Waals surface area contributed by atoms with Crippen molar-refractivity contribution in [3.05, 3.63) is 0 Å². The number of hydrogen-bond acceptors (Lipinski definition) is 5. The van der Waals surface area contributed by atoms with Gasteiger partial charge in [0.05, 0.1) is 18.1 Å². The zero-order valence-corrected chi connectivity index (χ0v) is 19.2. The van der Waals surface area contributed by atoms with E-state index in [4.69, 9.17) is 9.47 Å². The third kappa shape index (κ3) is 3.73. The molecule has 6 unspecified atom stereocenters.